The minimum atomic E-state index is -3.47. The van der Waals surface area contributed by atoms with Crippen molar-refractivity contribution in [3.05, 3.63) is 29.8 Å². The smallest absolute Gasteiger partial charge is 0.213 e. The standard InChI is InChI=1S/C16H28N2O2S/c1-12(2)9-16(10-13(3)4)18-15-7-5-14(6-8-15)11-21(17,19)20/h5-8,12-13,16,18H,9-11H2,1-4H3,(H2,17,19,20). The van der Waals surface area contributed by atoms with Crippen LogP contribution in [0, 0.1) is 11.8 Å². The van der Waals surface area contributed by atoms with E-state index in [1.54, 1.807) is 0 Å². The number of rotatable bonds is 8. The lowest BCUT2D eigenvalue weighted by molar-refractivity contribution is 0.442. The zero-order chi connectivity index (χ0) is 16.0. The number of primary sulfonamides is 1. The van der Waals surface area contributed by atoms with Crippen LogP contribution < -0.4 is 10.5 Å². The zero-order valence-electron chi connectivity index (χ0n) is 13.5. The third kappa shape index (κ3) is 8.07. The van der Waals surface area contributed by atoms with Gasteiger partial charge in [-0.1, -0.05) is 39.8 Å². The normalized spacial score (nSPS) is 12.4. The summed E-state index contributed by atoms with van der Waals surface area (Å²) < 4.78 is 22.1. The fraction of sp³-hybridized carbons (Fsp3) is 0.625. The van der Waals surface area contributed by atoms with Gasteiger partial charge >= 0.3 is 0 Å². The minimum Gasteiger partial charge on any atom is -0.382 e. The molecule has 0 atom stereocenters. The van der Waals surface area contributed by atoms with Crippen molar-refractivity contribution in [1.29, 1.82) is 0 Å². The van der Waals surface area contributed by atoms with Crippen molar-refractivity contribution in [3.63, 3.8) is 0 Å². The summed E-state index contributed by atoms with van der Waals surface area (Å²) in [4.78, 5) is 0. The number of benzene rings is 1. The van der Waals surface area contributed by atoms with Crippen molar-refractivity contribution in [2.45, 2.75) is 52.3 Å². The average molecular weight is 312 g/mol. The Hall–Kier alpha value is -1.07. The molecule has 0 unspecified atom stereocenters. The van der Waals surface area contributed by atoms with Crippen molar-refractivity contribution >= 4 is 15.7 Å². The summed E-state index contributed by atoms with van der Waals surface area (Å²) in [6.07, 6.45) is 2.24. The fourth-order valence-corrected chi connectivity index (χ4v) is 3.17. The highest BCUT2D eigenvalue weighted by atomic mass is 32.2. The monoisotopic (exact) mass is 312 g/mol. The molecule has 0 radical (unpaired) electrons. The van der Waals surface area contributed by atoms with Crippen molar-refractivity contribution < 1.29 is 8.42 Å². The van der Waals surface area contributed by atoms with E-state index in [9.17, 15) is 8.42 Å². The fourth-order valence-electron chi connectivity index (χ4n) is 2.52. The summed E-state index contributed by atoms with van der Waals surface area (Å²) in [5.41, 5.74) is 1.74. The van der Waals surface area contributed by atoms with Gasteiger partial charge in [-0.3, -0.25) is 0 Å². The largest absolute Gasteiger partial charge is 0.382 e. The molecule has 0 bridgehead atoms. The lowest BCUT2D eigenvalue weighted by Gasteiger charge is -2.23. The first kappa shape index (κ1) is 18.0. The number of hydrogen-bond donors (Lipinski definition) is 2. The molecule has 1 rings (SSSR count). The second kappa shape index (κ2) is 7.80. The summed E-state index contributed by atoms with van der Waals surface area (Å²) in [7, 11) is -3.47. The van der Waals surface area contributed by atoms with Crippen molar-refractivity contribution in [2.75, 3.05) is 5.32 Å². The topological polar surface area (TPSA) is 72.2 Å². The van der Waals surface area contributed by atoms with E-state index in [0.717, 1.165) is 18.5 Å². The van der Waals surface area contributed by atoms with Gasteiger partial charge in [0, 0.05) is 11.7 Å². The summed E-state index contributed by atoms with van der Waals surface area (Å²) in [5.74, 6) is 1.17. The molecular weight excluding hydrogens is 284 g/mol. The van der Waals surface area contributed by atoms with E-state index in [-0.39, 0.29) is 5.75 Å². The van der Waals surface area contributed by atoms with Gasteiger partial charge in [0.05, 0.1) is 5.75 Å². The number of anilines is 1. The van der Waals surface area contributed by atoms with E-state index in [4.69, 9.17) is 5.14 Å². The van der Waals surface area contributed by atoms with Crippen LogP contribution in [0.15, 0.2) is 24.3 Å². The summed E-state index contributed by atoms with van der Waals surface area (Å²) in [5, 5.41) is 8.60. The van der Waals surface area contributed by atoms with Gasteiger partial charge in [-0.05, 0) is 42.4 Å². The number of nitrogens with one attached hydrogen (secondary N) is 1. The maximum Gasteiger partial charge on any atom is 0.213 e. The number of hydrogen-bond acceptors (Lipinski definition) is 3. The molecule has 0 aliphatic heterocycles. The molecule has 0 aromatic heterocycles. The van der Waals surface area contributed by atoms with Crippen molar-refractivity contribution in [3.8, 4) is 0 Å². The Balaban J connectivity index is 2.71. The van der Waals surface area contributed by atoms with Gasteiger partial charge in [0.2, 0.25) is 10.0 Å². The molecular formula is C16H28N2O2S. The van der Waals surface area contributed by atoms with Crippen molar-refractivity contribution in [1.82, 2.24) is 0 Å². The van der Waals surface area contributed by atoms with Gasteiger partial charge in [-0.25, -0.2) is 13.6 Å². The third-order valence-corrected chi connectivity index (χ3v) is 3.94. The zero-order valence-corrected chi connectivity index (χ0v) is 14.3. The molecule has 120 valence electrons. The maximum atomic E-state index is 11.1. The molecule has 0 spiro atoms. The molecule has 0 aliphatic rings. The van der Waals surface area contributed by atoms with E-state index >= 15 is 0 Å². The van der Waals surface area contributed by atoms with Crippen LogP contribution in [-0.2, 0) is 15.8 Å². The van der Waals surface area contributed by atoms with Crippen LogP contribution in [0.5, 0.6) is 0 Å². The summed E-state index contributed by atoms with van der Waals surface area (Å²) >= 11 is 0. The van der Waals surface area contributed by atoms with E-state index in [1.165, 1.54) is 0 Å². The van der Waals surface area contributed by atoms with Gasteiger partial charge in [0.25, 0.3) is 0 Å². The van der Waals surface area contributed by atoms with Crippen LogP contribution >= 0.6 is 0 Å². The molecule has 1 aromatic rings. The predicted molar refractivity (Wildman–Crippen MR) is 89.6 cm³/mol. The highest BCUT2D eigenvalue weighted by molar-refractivity contribution is 7.88. The van der Waals surface area contributed by atoms with Gasteiger partial charge in [0.1, 0.15) is 0 Å². The molecule has 0 heterocycles. The minimum absolute atomic E-state index is 0.116. The van der Waals surface area contributed by atoms with Crippen LogP contribution in [0.2, 0.25) is 0 Å². The molecule has 1 aromatic carbocycles. The highest BCUT2D eigenvalue weighted by Gasteiger charge is 2.13. The lowest BCUT2D eigenvalue weighted by Crippen LogP contribution is -2.23. The summed E-state index contributed by atoms with van der Waals surface area (Å²) in [6.45, 7) is 8.91. The molecule has 0 amide bonds. The molecule has 0 aliphatic carbocycles. The van der Waals surface area contributed by atoms with Gasteiger partial charge in [-0.15, -0.1) is 0 Å². The van der Waals surface area contributed by atoms with E-state index < -0.39 is 10.0 Å². The Morgan fingerprint density at radius 2 is 1.48 bits per heavy atom. The summed E-state index contributed by atoms with van der Waals surface area (Å²) in [6, 6.07) is 7.92. The molecule has 5 heteroatoms. The Bertz CT molecular complexity index is 512. The van der Waals surface area contributed by atoms with Gasteiger partial charge in [0.15, 0.2) is 0 Å². The molecule has 4 nitrogen and oxygen atoms in total. The Morgan fingerprint density at radius 1 is 1.00 bits per heavy atom. The van der Waals surface area contributed by atoms with E-state index in [0.29, 0.717) is 23.4 Å². The number of nitrogens with two attached hydrogens (primary N) is 1. The second-order valence-electron chi connectivity index (χ2n) is 6.60. The van der Waals surface area contributed by atoms with Crippen LogP contribution in [0.3, 0.4) is 0 Å². The third-order valence-electron chi connectivity index (χ3n) is 3.20. The highest BCUT2D eigenvalue weighted by Crippen LogP contribution is 2.19. The predicted octanol–water partition coefficient (Wildman–Crippen LogP) is 3.35. The molecule has 0 fully saturated rings. The average Bonchev–Trinajstić information content (AvgIpc) is 2.28. The Morgan fingerprint density at radius 3 is 1.86 bits per heavy atom. The van der Waals surface area contributed by atoms with Gasteiger partial charge < -0.3 is 5.32 Å². The number of sulfonamides is 1. The Labute approximate surface area is 129 Å². The SMILES string of the molecule is CC(C)CC(CC(C)C)Nc1ccc(CS(N)(=O)=O)cc1. The first-order chi connectivity index (χ1) is 9.65. The quantitative estimate of drug-likeness (QED) is 0.773. The van der Waals surface area contributed by atoms with Crippen LogP contribution in [0.1, 0.15) is 46.1 Å². The molecule has 21 heavy (non-hydrogen) atoms. The van der Waals surface area contributed by atoms with Crippen LogP contribution in [0.4, 0.5) is 5.69 Å². The second-order valence-corrected chi connectivity index (χ2v) is 8.22. The van der Waals surface area contributed by atoms with E-state index in [2.05, 4.69) is 33.0 Å². The first-order valence-corrected chi connectivity index (χ1v) is 9.23. The maximum absolute atomic E-state index is 11.1. The Kier molecular flexibility index (Phi) is 6.68. The van der Waals surface area contributed by atoms with Crippen LogP contribution in [-0.4, -0.2) is 14.5 Å². The molecule has 3 N–H and O–H groups in total. The molecule has 0 saturated carbocycles. The first-order valence-electron chi connectivity index (χ1n) is 7.51. The molecule has 0 saturated heterocycles. The van der Waals surface area contributed by atoms with E-state index in [1.807, 2.05) is 24.3 Å². The van der Waals surface area contributed by atoms with Crippen molar-refractivity contribution in [2.24, 2.45) is 17.0 Å². The lowest BCUT2D eigenvalue weighted by atomic mass is 9.95. The van der Waals surface area contributed by atoms with Crippen LogP contribution in [0.25, 0.3) is 0 Å². The van der Waals surface area contributed by atoms with Gasteiger partial charge in [-0.2, -0.15) is 0 Å².